The minimum Gasteiger partial charge on any atom is -0.507 e. The average Bonchev–Trinajstić information content (AvgIpc) is 2.58. The minimum absolute atomic E-state index is 0.0865. The molecule has 0 saturated heterocycles. The lowest BCUT2D eigenvalue weighted by Gasteiger charge is -2.17. The first-order valence-electron chi connectivity index (χ1n) is 7.92. The summed E-state index contributed by atoms with van der Waals surface area (Å²) >= 11 is 0. The van der Waals surface area contributed by atoms with Crippen molar-refractivity contribution in [2.24, 2.45) is 0 Å². The Bertz CT molecular complexity index is 802. The van der Waals surface area contributed by atoms with E-state index in [2.05, 4.69) is 10.9 Å². The van der Waals surface area contributed by atoms with Gasteiger partial charge < -0.3 is 9.84 Å². The Labute approximate surface area is 146 Å². The summed E-state index contributed by atoms with van der Waals surface area (Å²) in [7, 11) is 0. The molecule has 6 nitrogen and oxygen atoms in total. The quantitative estimate of drug-likeness (QED) is 0.745. The van der Waals surface area contributed by atoms with E-state index in [4.69, 9.17) is 4.74 Å². The van der Waals surface area contributed by atoms with Gasteiger partial charge in [-0.3, -0.25) is 20.4 Å². The molecule has 2 amide bonds. The number of phenols is 1. The summed E-state index contributed by atoms with van der Waals surface area (Å²) in [6.45, 7) is 7.27. The number of hydrogen-bond acceptors (Lipinski definition) is 4. The fraction of sp³-hybridized carbons (Fsp3) is 0.263. The molecule has 3 N–H and O–H groups in total. The number of rotatable bonds is 4. The number of ether oxygens (including phenoxy) is 1. The van der Waals surface area contributed by atoms with Crippen molar-refractivity contribution < 1.29 is 19.4 Å². The molecule has 2 aromatic carbocycles. The van der Waals surface area contributed by atoms with Gasteiger partial charge in [0.2, 0.25) is 0 Å². The number of aromatic hydroxyl groups is 1. The highest BCUT2D eigenvalue weighted by atomic mass is 16.5. The van der Waals surface area contributed by atoms with E-state index in [0.717, 1.165) is 16.7 Å². The van der Waals surface area contributed by atoms with Gasteiger partial charge >= 0.3 is 0 Å². The molecule has 0 aliphatic carbocycles. The fourth-order valence-corrected chi connectivity index (χ4v) is 2.21. The second kappa shape index (κ2) is 7.70. The van der Waals surface area contributed by atoms with Gasteiger partial charge in [0.05, 0.1) is 5.56 Å². The Morgan fingerprint density at radius 1 is 1.08 bits per heavy atom. The van der Waals surface area contributed by atoms with Crippen LogP contribution in [0, 0.1) is 20.8 Å². The molecule has 0 bridgehead atoms. The lowest BCUT2D eigenvalue weighted by molar-refractivity contribution is -0.128. The SMILES string of the molecule is Cc1ccc(O)c(C(=O)NNC(=O)C(C)Oc2cccc(C)c2C)c1. The Hall–Kier alpha value is -3.02. The first kappa shape index (κ1) is 18.3. The average molecular weight is 342 g/mol. The van der Waals surface area contributed by atoms with Gasteiger partial charge in [-0.05, 0) is 57.0 Å². The number of amides is 2. The second-order valence-electron chi connectivity index (χ2n) is 5.92. The maximum atomic E-state index is 12.1. The number of carbonyl (C=O) groups excluding carboxylic acids is 2. The minimum atomic E-state index is -0.799. The highest BCUT2D eigenvalue weighted by Crippen LogP contribution is 2.21. The normalized spacial score (nSPS) is 11.5. The molecule has 2 aromatic rings. The summed E-state index contributed by atoms with van der Waals surface area (Å²) in [6, 6.07) is 10.2. The molecule has 0 radical (unpaired) electrons. The zero-order chi connectivity index (χ0) is 18.6. The Balaban J connectivity index is 1.96. The molecule has 0 spiro atoms. The van der Waals surface area contributed by atoms with E-state index in [9.17, 15) is 14.7 Å². The molecule has 1 atom stereocenters. The molecule has 1 unspecified atom stereocenters. The van der Waals surface area contributed by atoms with Gasteiger partial charge in [-0.15, -0.1) is 0 Å². The third-order valence-electron chi connectivity index (χ3n) is 3.92. The van der Waals surface area contributed by atoms with E-state index in [0.29, 0.717) is 5.75 Å². The Morgan fingerprint density at radius 2 is 1.80 bits per heavy atom. The smallest absolute Gasteiger partial charge is 0.279 e. The van der Waals surface area contributed by atoms with Gasteiger partial charge in [0, 0.05) is 0 Å². The highest BCUT2D eigenvalue weighted by molar-refractivity contribution is 5.98. The largest absolute Gasteiger partial charge is 0.507 e. The third kappa shape index (κ3) is 4.50. The fourth-order valence-electron chi connectivity index (χ4n) is 2.21. The molecule has 25 heavy (non-hydrogen) atoms. The van der Waals surface area contributed by atoms with Gasteiger partial charge in [0.1, 0.15) is 11.5 Å². The molecule has 0 saturated carbocycles. The van der Waals surface area contributed by atoms with E-state index < -0.39 is 17.9 Å². The maximum absolute atomic E-state index is 12.1. The lowest BCUT2D eigenvalue weighted by atomic mass is 10.1. The molecule has 0 heterocycles. The van der Waals surface area contributed by atoms with Crippen molar-refractivity contribution in [1.29, 1.82) is 0 Å². The first-order valence-corrected chi connectivity index (χ1v) is 7.92. The molecule has 6 heteroatoms. The second-order valence-corrected chi connectivity index (χ2v) is 5.92. The number of hydrogen-bond donors (Lipinski definition) is 3. The molecule has 0 aromatic heterocycles. The predicted molar refractivity (Wildman–Crippen MR) is 94.5 cm³/mol. The summed E-state index contributed by atoms with van der Waals surface area (Å²) in [6.07, 6.45) is -0.799. The molecule has 0 aliphatic rings. The van der Waals surface area contributed by atoms with Crippen LogP contribution in [0.4, 0.5) is 0 Å². The summed E-state index contributed by atoms with van der Waals surface area (Å²) in [5.41, 5.74) is 7.51. The van der Waals surface area contributed by atoms with Crippen molar-refractivity contribution in [3.63, 3.8) is 0 Å². The maximum Gasteiger partial charge on any atom is 0.279 e. The zero-order valence-electron chi connectivity index (χ0n) is 14.7. The number of phenolic OH excluding ortho intramolecular Hbond substituents is 1. The van der Waals surface area contributed by atoms with Crippen LogP contribution in [0.25, 0.3) is 0 Å². The third-order valence-corrected chi connectivity index (χ3v) is 3.92. The van der Waals surface area contributed by atoms with Gasteiger partial charge in [-0.25, -0.2) is 0 Å². The van der Waals surface area contributed by atoms with Crippen LogP contribution in [0.15, 0.2) is 36.4 Å². The van der Waals surface area contributed by atoms with Crippen molar-refractivity contribution in [3.8, 4) is 11.5 Å². The summed E-state index contributed by atoms with van der Waals surface area (Å²) in [4.78, 5) is 24.2. The van der Waals surface area contributed by atoms with Crippen molar-refractivity contribution >= 4 is 11.8 Å². The molecular formula is C19H22N2O4. The van der Waals surface area contributed by atoms with Crippen LogP contribution in [0.2, 0.25) is 0 Å². The van der Waals surface area contributed by atoms with Gasteiger partial charge in [-0.1, -0.05) is 23.8 Å². The van der Waals surface area contributed by atoms with E-state index >= 15 is 0 Å². The Kier molecular flexibility index (Phi) is 5.64. The van der Waals surface area contributed by atoms with Gasteiger partial charge in [0.25, 0.3) is 11.8 Å². The van der Waals surface area contributed by atoms with Crippen molar-refractivity contribution in [1.82, 2.24) is 10.9 Å². The molecule has 2 rings (SSSR count). The van der Waals surface area contributed by atoms with E-state index in [-0.39, 0.29) is 11.3 Å². The van der Waals surface area contributed by atoms with Crippen molar-refractivity contribution in [2.45, 2.75) is 33.8 Å². The standard InChI is InChI=1S/C19H22N2O4/c1-11-8-9-16(22)15(10-11)19(24)21-20-18(23)14(4)25-17-7-5-6-12(2)13(17)3/h5-10,14,22H,1-4H3,(H,20,23)(H,21,24). The number of aryl methyl sites for hydroxylation is 2. The first-order chi connectivity index (χ1) is 11.8. The number of benzene rings is 2. The van der Waals surface area contributed by atoms with Crippen LogP contribution in [-0.2, 0) is 4.79 Å². The monoisotopic (exact) mass is 342 g/mol. The van der Waals surface area contributed by atoms with E-state index in [1.807, 2.05) is 26.0 Å². The zero-order valence-corrected chi connectivity index (χ0v) is 14.7. The van der Waals surface area contributed by atoms with Crippen LogP contribution in [0.1, 0.15) is 34.0 Å². The van der Waals surface area contributed by atoms with Crippen molar-refractivity contribution in [2.75, 3.05) is 0 Å². The Morgan fingerprint density at radius 3 is 2.52 bits per heavy atom. The molecule has 0 aliphatic heterocycles. The highest BCUT2D eigenvalue weighted by Gasteiger charge is 2.18. The molecule has 0 fully saturated rings. The van der Waals surface area contributed by atoms with Gasteiger partial charge in [0.15, 0.2) is 6.10 Å². The van der Waals surface area contributed by atoms with Crippen LogP contribution < -0.4 is 15.6 Å². The van der Waals surface area contributed by atoms with Crippen LogP contribution in [0.3, 0.4) is 0 Å². The van der Waals surface area contributed by atoms with Gasteiger partial charge in [-0.2, -0.15) is 0 Å². The molecular weight excluding hydrogens is 320 g/mol. The topological polar surface area (TPSA) is 87.7 Å². The van der Waals surface area contributed by atoms with Crippen LogP contribution in [-0.4, -0.2) is 23.0 Å². The summed E-state index contributed by atoms with van der Waals surface area (Å²) in [5, 5.41) is 9.73. The molecule has 132 valence electrons. The van der Waals surface area contributed by atoms with Crippen molar-refractivity contribution in [3.05, 3.63) is 58.7 Å². The lowest BCUT2D eigenvalue weighted by Crippen LogP contribution is -2.47. The van der Waals surface area contributed by atoms with E-state index in [1.165, 1.54) is 12.1 Å². The number of carbonyl (C=O) groups is 2. The number of hydrazine groups is 1. The van der Waals surface area contributed by atoms with E-state index in [1.54, 1.807) is 26.0 Å². The van der Waals surface area contributed by atoms with Crippen LogP contribution in [0.5, 0.6) is 11.5 Å². The number of nitrogens with one attached hydrogen (secondary N) is 2. The van der Waals surface area contributed by atoms with Crippen LogP contribution >= 0.6 is 0 Å². The predicted octanol–water partition coefficient (Wildman–Crippen LogP) is 2.55. The summed E-state index contributed by atoms with van der Waals surface area (Å²) < 4.78 is 5.66. The summed E-state index contributed by atoms with van der Waals surface area (Å²) in [5.74, 6) is -0.641.